The molecule has 0 radical (unpaired) electrons. The van der Waals surface area contributed by atoms with Crippen molar-refractivity contribution in [3.63, 3.8) is 0 Å². The van der Waals surface area contributed by atoms with E-state index in [0.29, 0.717) is 9.90 Å². The molecule has 7 nitrogen and oxygen atoms in total. The van der Waals surface area contributed by atoms with Crippen LogP contribution in [-0.2, 0) is 4.79 Å². The van der Waals surface area contributed by atoms with Crippen molar-refractivity contribution in [3.8, 4) is 0 Å². The Morgan fingerprint density at radius 2 is 2.22 bits per heavy atom. The summed E-state index contributed by atoms with van der Waals surface area (Å²) in [5.74, 6) is -0.340. The highest BCUT2D eigenvalue weighted by Crippen LogP contribution is 2.22. The molecular formula is C14H13ClN4O3S. The average molecular weight is 353 g/mol. The zero-order valence-corrected chi connectivity index (χ0v) is 13.6. The number of hydrogen-bond donors (Lipinski definition) is 2. The van der Waals surface area contributed by atoms with E-state index in [1.807, 2.05) is 0 Å². The van der Waals surface area contributed by atoms with Gasteiger partial charge in [-0.1, -0.05) is 29.0 Å². The van der Waals surface area contributed by atoms with Gasteiger partial charge in [0.25, 0.3) is 5.91 Å². The second-order valence-corrected chi connectivity index (χ2v) is 6.07. The van der Waals surface area contributed by atoms with E-state index in [9.17, 15) is 14.9 Å². The van der Waals surface area contributed by atoms with Crippen LogP contribution in [0.2, 0.25) is 5.02 Å². The van der Waals surface area contributed by atoms with Gasteiger partial charge in [0, 0.05) is 16.8 Å². The Morgan fingerprint density at radius 3 is 2.87 bits per heavy atom. The molecule has 9 heteroatoms. The molecule has 120 valence electrons. The number of halogens is 1. The van der Waals surface area contributed by atoms with Gasteiger partial charge in [0.05, 0.1) is 16.0 Å². The second kappa shape index (κ2) is 7.70. The molecule has 0 unspecified atom stereocenters. The molecule has 1 atom stereocenters. The first-order valence-electron chi connectivity index (χ1n) is 6.55. The van der Waals surface area contributed by atoms with Gasteiger partial charge in [-0.05, 0) is 31.2 Å². The Morgan fingerprint density at radius 1 is 1.43 bits per heavy atom. The maximum atomic E-state index is 11.9. The number of nitrogens with zero attached hydrogens (tertiary/aromatic N) is 2. The fraction of sp³-hybridized carbons (Fsp3) is 0.143. The van der Waals surface area contributed by atoms with Crippen LogP contribution in [0, 0.1) is 10.1 Å². The highest BCUT2D eigenvalue weighted by molar-refractivity contribution is 7.16. The monoisotopic (exact) mass is 352 g/mol. The summed E-state index contributed by atoms with van der Waals surface area (Å²) < 4.78 is 0. The van der Waals surface area contributed by atoms with E-state index < -0.39 is 11.0 Å². The van der Waals surface area contributed by atoms with Crippen LogP contribution in [0.15, 0.2) is 41.5 Å². The lowest BCUT2D eigenvalue weighted by Crippen LogP contribution is -2.34. The van der Waals surface area contributed by atoms with Crippen LogP contribution in [-0.4, -0.2) is 23.1 Å². The topological polar surface area (TPSA) is 96.6 Å². The van der Waals surface area contributed by atoms with Gasteiger partial charge >= 0.3 is 5.00 Å². The molecule has 2 N–H and O–H groups in total. The van der Waals surface area contributed by atoms with Gasteiger partial charge in [0.1, 0.15) is 6.04 Å². The van der Waals surface area contributed by atoms with Crippen molar-refractivity contribution in [1.29, 1.82) is 0 Å². The Hall–Kier alpha value is -2.45. The number of thiophene rings is 1. The number of amides is 1. The van der Waals surface area contributed by atoms with E-state index in [-0.39, 0.29) is 10.9 Å². The largest absolute Gasteiger partial charge is 0.374 e. The SMILES string of the molecule is C[C@H](Nc1cccc(Cl)c1)C(=O)N/N=C\c1ccc([N+](=O)[O-])s1. The van der Waals surface area contributed by atoms with Gasteiger partial charge in [-0.15, -0.1) is 0 Å². The Balaban J connectivity index is 1.88. The molecule has 0 aliphatic heterocycles. The summed E-state index contributed by atoms with van der Waals surface area (Å²) in [6.07, 6.45) is 1.36. The fourth-order valence-electron chi connectivity index (χ4n) is 1.66. The minimum atomic E-state index is -0.525. The van der Waals surface area contributed by atoms with Gasteiger partial charge in [0.2, 0.25) is 0 Å². The summed E-state index contributed by atoms with van der Waals surface area (Å²) in [6.45, 7) is 1.68. The molecule has 0 saturated heterocycles. The Bertz CT molecular complexity index is 747. The molecule has 0 bridgehead atoms. The van der Waals surface area contributed by atoms with Crippen LogP contribution in [0.4, 0.5) is 10.7 Å². The molecule has 0 fully saturated rings. The number of hydrogen-bond acceptors (Lipinski definition) is 6. The van der Waals surface area contributed by atoms with Gasteiger partial charge < -0.3 is 5.32 Å². The van der Waals surface area contributed by atoms with E-state index in [4.69, 9.17) is 11.6 Å². The first kappa shape index (κ1) is 16.9. The molecule has 0 aliphatic rings. The van der Waals surface area contributed by atoms with Crippen LogP contribution in [0.5, 0.6) is 0 Å². The number of anilines is 1. The van der Waals surface area contributed by atoms with Crippen LogP contribution < -0.4 is 10.7 Å². The van der Waals surface area contributed by atoms with Gasteiger partial charge in [0.15, 0.2) is 0 Å². The van der Waals surface area contributed by atoms with Crippen LogP contribution >= 0.6 is 22.9 Å². The predicted molar refractivity (Wildman–Crippen MR) is 91.2 cm³/mol. The molecule has 1 aromatic carbocycles. The molecule has 1 heterocycles. The molecular weight excluding hydrogens is 340 g/mol. The average Bonchev–Trinajstić information content (AvgIpc) is 2.96. The first-order valence-corrected chi connectivity index (χ1v) is 7.74. The third-order valence-electron chi connectivity index (χ3n) is 2.76. The summed E-state index contributed by atoms with van der Waals surface area (Å²) in [7, 11) is 0. The third-order valence-corrected chi connectivity index (χ3v) is 3.97. The summed E-state index contributed by atoms with van der Waals surface area (Å²) in [5, 5.41) is 17.9. The lowest BCUT2D eigenvalue weighted by molar-refractivity contribution is -0.380. The second-order valence-electron chi connectivity index (χ2n) is 4.54. The number of nitrogens with one attached hydrogen (secondary N) is 2. The molecule has 0 spiro atoms. The summed E-state index contributed by atoms with van der Waals surface area (Å²) in [6, 6.07) is 9.44. The number of nitro groups is 1. The maximum absolute atomic E-state index is 11.9. The molecule has 2 aromatic rings. The molecule has 2 rings (SSSR count). The van der Waals surface area contributed by atoms with Crippen molar-refractivity contribution >= 4 is 45.7 Å². The molecule has 1 aromatic heterocycles. The zero-order chi connectivity index (χ0) is 16.8. The normalized spacial score (nSPS) is 12.1. The molecule has 0 saturated carbocycles. The molecule has 23 heavy (non-hydrogen) atoms. The minimum Gasteiger partial charge on any atom is -0.374 e. The number of rotatable bonds is 6. The minimum absolute atomic E-state index is 0.0220. The maximum Gasteiger partial charge on any atom is 0.324 e. The number of benzene rings is 1. The van der Waals surface area contributed by atoms with Crippen molar-refractivity contribution in [1.82, 2.24) is 5.43 Å². The third kappa shape index (κ3) is 5.04. The van der Waals surface area contributed by atoms with Crippen LogP contribution in [0.25, 0.3) is 0 Å². The Labute approximate surface area is 141 Å². The smallest absolute Gasteiger partial charge is 0.324 e. The van der Waals surface area contributed by atoms with Crippen molar-refractivity contribution in [2.75, 3.05) is 5.32 Å². The first-order chi connectivity index (χ1) is 11.0. The van der Waals surface area contributed by atoms with E-state index >= 15 is 0 Å². The van der Waals surface area contributed by atoms with Crippen molar-refractivity contribution in [3.05, 3.63) is 56.4 Å². The number of carbonyl (C=O) groups is 1. The van der Waals surface area contributed by atoms with Crippen molar-refractivity contribution in [2.45, 2.75) is 13.0 Å². The Kier molecular flexibility index (Phi) is 5.67. The fourth-order valence-corrected chi connectivity index (χ4v) is 2.54. The van der Waals surface area contributed by atoms with E-state index in [1.165, 1.54) is 12.3 Å². The van der Waals surface area contributed by atoms with Gasteiger partial charge in [-0.2, -0.15) is 5.10 Å². The standard InChI is InChI=1S/C14H13ClN4O3S/c1-9(17-11-4-2-3-10(15)7-11)14(20)18-16-8-12-5-6-13(23-12)19(21)22/h2-9,17H,1H3,(H,18,20)/b16-8-/t9-/m0/s1. The lowest BCUT2D eigenvalue weighted by Gasteiger charge is -2.13. The quantitative estimate of drug-likeness (QED) is 0.473. The molecule has 0 aliphatic carbocycles. The zero-order valence-electron chi connectivity index (χ0n) is 12.0. The van der Waals surface area contributed by atoms with E-state index in [0.717, 1.165) is 17.0 Å². The molecule has 1 amide bonds. The van der Waals surface area contributed by atoms with Crippen LogP contribution in [0.3, 0.4) is 0 Å². The summed E-state index contributed by atoms with van der Waals surface area (Å²) >= 11 is 6.85. The van der Waals surface area contributed by atoms with Crippen LogP contribution in [0.1, 0.15) is 11.8 Å². The summed E-state index contributed by atoms with van der Waals surface area (Å²) in [4.78, 5) is 22.6. The lowest BCUT2D eigenvalue weighted by atomic mass is 10.2. The number of carbonyl (C=O) groups excluding carboxylic acids is 1. The predicted octanol–water partition coefficient (Wildman–Crippen LogP) is 3.26. The van der Waals surface area contributed by atoms with Crippen molar-refractivity contribution in [2.24, 2.45) is 5.10 Å². The summed E-state index contributed by atoms with van der Waals surface area (Å²) in [5.41, 5.74) is 3.10. The van der Waals surface area contributed by atoms with E-state index in [2.05, 4.69) is 15.8 Å². The van der Waals surface area contributed by atoms with Gasteiger partial charge in [-0.3, -0.25) is 14.9 Å². The highest BCUT2D eigenvalue weighted by atomic mass is 35.5. The van der Waals surface area contributed by atoms with Crippen molar-refractivity contribution < 1.29 is 9.72 Å². The van der Waals surface area contributed by atoms with Gasteiger partial charge in [-0.25, -0.2) is 5.43 Å². The highest BCUT2D eigenvalue weighted by Gasteiger charge is 2.12. The van der Waals surface area contributed by atoms with E-state index in [1.54, 1.807) is 37.3 Å². The number of hydrazone groups is 1.